The average Bonchev–Trinajstić information content (AvgIpc) is 2.98. The number of tetrazole rings is 1. The van der Waals surface area contributed by atoms with Gasteiger partial charge in [-0.2, -0.15) is 5.21 Å². The molecular weight excluding hydrogens is 250 g/mol. The predicted octanol–water partition coefficient (Wildman–Crippen LogP) is 0.174. The Morgan fingerprint density at radius 1 is 1.42 bits per heavy atom. The third-order valence-corrected chi connectivity index (χ3v) is 2.28. The SMILES string of the molecule is COCCONC(=O)c1cccc(-c2nn[nH]n2)c1. The van der Waals surface area contributed by atoms with Crippen LogP contribution in [0.3, 0.4) is 0 Å². The standard InChI is InChI=1S/C11H13N5O3/c1-18-5-6-19-14-11(17)9-4-2-3-8(7-9)10-12-15-16-13-10/h2-4,7H,5-6H2,1H3,(H,14,17)(H,12,13,15,16). The molecule has 0 saturated heterocycles. The third-order valence-electron chi connectivity index (χ3n) is 2.28. The van der Waals surface area contributed by atoms with E-state index in [4.69, 9.17) is 9.57 Å². The van der Waals surface area contributed by atoms with E-state index < -0.39 is 0 Å². The summed E-state index contributed by atoms with van der Waals surface area (Å²) in [5.41, 5.74) is 3.46. The molecule has 0 saturated carbocycles. The average molecular weight is 263 g/mol. The Bertz CT molecular complexity index is 529. The van der Waals surface area contributed by atoms with E-state index in [0.717, 1.165) is 0 Å². The number of methoxy groups -OCH3 is 1. The second-order valence-electron chi connectivity index (χ2n) is 3.59. The van der Waals surface area contributed by atoms with Crippen LogP contribution in [0.2, 0.25) is 0 Å². The summed E-state index contributed by atoms with van der Waals surface area (Å²) in [4.78, 5) is 16.7. The van der Waals surface area contributed by atoms with Gasteiger partial charge in [-0.25, -0.2) is 5.48 Å². The molecule has 8 heteroatoms. The molecule has 0 fully saturated rings. The van der Waals surface area contributed by atoms with Crippen LogP contribution in [-0.4, -0.2) is 46.9 Å². The zero-order valence-electron chi connectivity index (χ0n) is 10.3. The molecule has 2 aromatic rings. The molecule has 2 rings (SSSR count). The molecule has 0 aliphatic heterocycles. The maximum atomic E-state index is 11.8. The molecular formula is C11H13N5O3. The fraction of sp³-hybridized carbons (Fsp3) is 0.273. The van der Waals surface area contributed by atoms with Crippen molar-refractivity contribution in [2.45, 2.75) is 0 Å². The second-order valence-corrected chi connectivity index (χ2v) is 3.59. The monoisotopic (exact) mass is 263 g/mol. The molecule has 0 atom stereocenters. The lowest BCUT2D eigenvalue weighted by atomic mass is 10.1. The summed E-state index contributed by atoms with van der Waals surface area (Å²) in [7, 11) is 1.56. The van der Waals surface area contributed by atoms with E-state index in [-0.39, 0.29) is 12.5 Å². The van der Waals surface area contributed by atoms with Crippen LogP contribution in [0, 0.1) is 0 Å². The Labute approximate surface area is 109 Å². The Balaban J connectivity index is 2.00. The van der Waals surface area contributed by atoms with Crippen LogP contribution in [0.5, 0.6) is 0 Å². The minimum Gasteiger partial charge on any atom is -0.382 e. The molecule has 8 nitrogen and oxygen atoms in total. The van der Waals surface area contributed by atoms with E-state index in [1.807, 2.05) is 0 Å². The zero-order valence-corrected chi connectivity index (χ0v) is 10.3. The van der Waals surface area contributed by atoms with Gasteiger partial charge in [0, 0.05) is 18.2 Å². The Morgan fingerprint density at radius 2 is 2.32 bits per heavy atom. The Kier molecular flexibility index (Phi) is 4.54. The number of aromatic nitrogens is 4. The van der Waals surface area contributed by atoms with Crippen molar-refractivity contribution in [2.75, 3.05) is 20.3 Å². The molecule has 1 aromatic heterocycles. The van der Waals surface area contributed by atoms with Crippen molar-refractivity contribution in [3.05, 3.63) is 29.8 Å². The number of rotatable bonds is 6. The number of H-pyrrole nitrogens is 1. The highest BCUT2D eigenvalue weighted by molar-refractivity contribution is 5.94. The molecule has 0 unspecified atom stereocenters. The second kappa shape index (κ2) is 6.57. The first-order valence-corrected chi connectivity index (χ1v) is 5.56. The van der Waals surface area contributed by atoms with Crippen LogP contribution >= 0.6 is 0 Å². The van der Waals surface area contributed by atoms with Gasteiger partial charge in [0.05, 0.1) is 13.2 Å². The number of benzene rings is 1. The maximum absolute atomic E-state index is 11.8. The number of hydrogen-bond acceptors (Lipinski definition) is 6. The van der Waals surface area contributed by atoms with Gasteiger partial charge in [-0.3, -0.25) is 9.63 Å². The summed E-state index contributed by atoms with van der Waals surface area (Å²) < 4.78 is 4.79. The van der Waals surface area contributed by atoms with Crippen molar-refractivity contribution >= 4 is 5.91 Å². The smallest absolute Gasteiger partial charge is 0.274 e. The van der Waals surface area contributed by atoms with Crippen LogP contribution in [-0.2, 0) is 9.57 Å². The van der Waals surface area contributed by atoms with Gasteiger partial charge in [-0.1, -0.05) is 12.1 Å². The molecule has 2 N–H and O–H groups in total. The van der Waals surface area contributed by atoms with Crippen molar-refractivity contribution < 1.29 is 14.4 Å². The number of nitrogens with zero attached hydrogens (tertiary/aromatic N) is 3. The first kappa shape index (κ1) is 13.1. The van der Waals surface area contributed by atoms with Gasteiger partial charge in [-0.05, 0) is 17.3 Å². The Hall–Kier alpha value is -2.32. The number of nitrogens with one attached hydrogen (secondary N) is 2. The highest BCUT2D eigenvalue weighted by atomic mass is 16.7. The normalized spacial score (nSPS) is 10.4. The minimum absolute atomic E-state index is 0.284. The fourth-order valence-electron chi connectivity index (χ4n) is 1.38. The zero-order chi connectivity index (χ0) is 13.5. The van der Waals surface area contributed by atoms with Crippen LogP contribution in [0.25, 0.3) is 11.4 Å². The van der Waals surface area contributed by atoms with Crippen LogP contribution in [0.4, 0.5) is 0 Å². The number of carbonyl (C=O) groups excluding carboxylic acids is 1. The molecule has 0 spiro atoms. The van der Waals surface area contributed by atoms with Gasteiger partial charge < -0.3 is 4.74 Å². The molecule has 0 aliphatic rings. The van der Waals surface area contributed by atoms with Crippen molar-refractivity contribution in [3.8, 4) is 11.4 Å². The molecule has 1 aromatic carbocycles. The van der Waals surface area contributed by atoms with E-state index in [9.17, 15) is 4.79 Å². The van der Waals surface area contributed by atoms with Crippen LogP contribution in [0.1, 0.15) is 10.4 Å². The van der Waals surface area contributed by atoms with Gasteiger partial charge in [0.15, 0.2) is 0 Å². The first-order chi connectivity index (χ1) is 9.31. The molecule has 100 valence electrons. The lowest BCUT2D eigenvalue weighted by Gasteiger charge is -2.05. The number of aromatic amines is 1. The maximum Gasteiger partial charge on any atom is 0.274 e. The lowest BCUT2D eigenvalue weighted by molar-refractivity contribution is 0.00889. The van der Waals surface area contributed by atoms with E-state index in [0.29, 0.717) is 23.6 Å². The number of amides is 1. The molecule has 19 heavy (non-hydrogen) atoms. The highest BCUT2D eigenvalue weighted by Gasteiger charge is 2.09. The lowest BCUT2D eigenvalue weighted by Crippen LogP contribution is -2.25. The fourth-order valence-corrected chi connectivity index (χ4v) is 1.38. The van der Waals surface area contributed by atoms with Gasteiger partial charge >= 0.3 is 0 Å². The largest absolute Gasteiger partial charge is 0.382 e. The summed E-state index contributed by atoms with van der Waals surface area (Å²) >= 11 is 0. The number of carbonyl (C=O) groups is 1. The van der Waals surface area contributed by atoms with E-state index >= 15 is 0 Å². The molecule has 0 aliphatic carbocycles. The van der Waals surface area contributed by atoms with E-state index in [1.165, 1.54) is 0 Å². The summed E-state index contributed by atoms with van der Waals surface area (Å²) in [6.07, 6.45) is 0. The van der Waals surface area contributed by atoms with Crippen LogP contribution < -0.4 is 5.48 Å². The predicted molar refractivity (Wildman–Crippen MR) is 64.9 cm³/mol. The molecule has 0 radical (unpaired) electrons. The number of hydrogen-bond donors (Lipinski definition) is 2. The molecule has 1 amide bonds. The van der Waals surface area contributed by atoms with Gasteiger partial charge in [0.25, 0.3) is 5.91 Å². The topological polar surface area (TPSA) is 102 Å². The summed E-state index contributed by atoms with van der Waals surface area (Å²) in [6, 6.07) is 6.83. The minimum atomic E-state index is -0.346. The van der Waals surface area contributed by atoms with E-state index in [2.05, 4.69) is 26.1 Å². The van der Waals surface area contributed by atoms with E-state index in [1.54, 1.807) is 31.4 Å². The summed E-state index contributed by atoms with van der Waals surface area (Å²) in [5, 5.41) is 13.5. The molecule has 0 bridgehead atoms. The highest BCUT2D eigenvalue weighted by Crippen LogP contribution is 2.14. The Morgan fingerprint density at radius 3 is 3.05 bits per heavy atom. The number of hydroxylamine groups is 1. The molecule has 1 heterocycles. The third kappa shape index (κ3) is 3.57. The quantitative estimate of drug-likeness (QED) is 0.569. The van der Waals surface area contributed by atoms with Gasteiger partial charge in [-0.15, -0.1) is 10.2 Å². The summed E-state index contributed by atoms with van der Waals surface area (Å²) in [5.74, 6) is 0.0800. The number of ether oxygens (including phenoxy) is 1. The van der Waals surface area contributed by atoms with Crippen molar-refractivity contribution in [1.29, 1.82) is 0 Å². The first-order valence-electron chi connectivity index (χ1n) is 5.56. The van der Waals surface area contributed by atoms with Crippen LogP contribution in [0.15, 0.2) is 24.3 Å². The van der Waals surface area contributed by atoms with Gasteiger partial charge in [0.2, 0.25) is 5.82 Å². The summed E-state index contributed by atoms with van der Waals surface area (Å²) in [6.45, 7) is 0.690. The van der Waals surface area contributed by atoms with Crippen molar-refractivity contribution in [3.63, 3.8) is 0 Å². The van der Waals surface area contributed by atoms with Crippen molar-refractivity contribution in [2.24, 2.45) is 0 Å². The van der Waals surface area contributed by atoms with Crippen molar-refractivity contribution in [1.82, 2.24) is 26.1 Å². The van der Waals surface area contributed by atoms with Gasteiger partial charge in [0.1, 0.15) is 0 Å².